The third kappa shape index (κ3) is 2.57. The quantitative estimate of drug-likeness (QED) is 0.821. The molecular formula is C12H13NO2. The van der Waals surface area contributed by atoms with Gasteiger partial charge in [0, 0.05) is 0 Å². The average molecular weight is 203 g/mol. The number of hydrogen-bond donors (Lipinski definition) is 1. The Balaban J connectivity index is 2.98. The molecule has 1 aromatic carbocycles. The third-order valence-corrected chi connectivity index (χ3v) is 2.32. The van der Waals surface area contributed by atoms with E-state index in [0.29, 0.717) is 0 Å². The molecule has 3 heteroatoms. The Labute approximate surface area is 89.0 Å². The summed E-state index contributed by atoms with van der Waals surface area (Å²) < 4.78 is 0. The molecule has 0 fully saturated rings. The van der Waals surface area contributed by atoms with Crippen LogP contribution in [0.5, 0.6) is 0 Å². The van der Waals surface area contributed by atoms with Gasteiger partial charge in [0.25, 0.3) is 0 Å². The fourth-order valence-corrected chi connectivity index (χ4v) is 1.44. The minimum Gasteiger partial charge on any atom is -0.478 e. The highest BCUT2D eigenvalue weighted by molar-refractivity contribution is 5.87. The molecule has 0 aliphatic carbocycles. The van der Waals surface area contributed by atoms with Gasteiger partial charge >= 0.3 is 5.97 Å². The summed E-state index contributed by atoms with van der Waals surface area (Å²) in [4.78, 5) is 10.6. The van der Waals surface area contributed by atoms with Crippen molar-refractivity contribution in [2.75, 3.05) is 0 Å². The maximum atomic E-state index is 10.6. The minimum absolute atomic E-state index is 0.173. The van der Waals surface area contributed by atoms with Crippen LogP contribution in [0.3, 0.4) is 0 Å². The Bertz CT molecular complexity index is 387. The molecule has 0 aliphatic heterocycles. The van der Waals surface area contributed by atoms with Crippen molar-refractivity contribution >= 4 is 5.97 Å². The lowest BCUT2D eigenvalue weighted by molar-refractivity contribution is 0.0697. The molecule has 1 N–H and O–H groups in total. The molecule has 0 aliphatic rings. The molecule has 0 bridgehead atoms. The van der Waals surface area contributed by atoms with Gasteiger partial charge in [-0.1, -0.05) is 26.0 Å². The van der Waals surface area contributed by atoms with E-state index in [1.165, 1.54) is 12.1 Å². The summed E-state index contributed by atoms with van der Waals surface area (Å²) in [5.74, 6) is -0.891. The van der Waals surface area contributed by atoms with Crippen LogP contribution in [0.15, 0.2) is 24.3 Å². The SMILES string of the molecule is CC(C)C(C#N)c1ccc(C(=O)O)cc1. The predicted molar refractivity (Wildman–Crippen MR) is 56.6 cm³/mol. The average Bonchev–Trinajstić information content (AvgIpc) is 2.19. The zero-order chi connectivity index (χ0) is 11.4. The van der Waals surface area contributed by atoms with E-state index in [1.54, 1.807) is 12.1 Å². The number of carbonyl (C=O) groups is 1. The number of carboxylic acid groups (broad SMARTS) is 1. The first-order valence-electron chi connectivity index (χ1n) is 4.79. The summed E-state index contributed by atoms with van der Waals surface area (Å²) >= 11 is 0. The van der Waals surface area contributed by atoms with Gasteiger partial charge in [-0.05, 0) is 23.6 Å². The normalized spacial score (nSPS) is 12.1. The number of hydrogen-bond acceptors (Lipinski definition) is 2. The molecule has 0 heterocycles. The highest BCUT2D eigenvalue weighted by atomic mass is 16.4. The first-order valence-corrected chi connectivity index (χ1v) is 4.79. The van der Waals surface area contributed by atoms with Gasteiger partial charge in [-0.2, -0.15) is 5.26 Å². The van der Waals surface area contributed by atoms with Gasteiger partial charge in [0.1, 0.15) is 0 Å². The van der Waals surface area contributed by atoms with Crippen molar-refractivity contribution in [2.24, 2.45) is 5.92 Å². The van der Waals surface area contributed by atoms with E-state index < -0.39 is 5.97 Å². The van der Waals surface area contributed by atoms with E-state index >= 15 is 0 Å². The van der Waals surface area contributed by atoms with Gasteiger partial charge in [0.2, 0.25) is 0 Å². The summed E-state index contributed by atoms with van der Waals surface area (Å²) in [6.07, 6.45) is 0. The first kappa shape index (κ1) is 11.3. The first-order chi connectivity index (χ1) is 7.06. The van der Waals surface area contributed by atoms with E-state index in [2.05, 4.69) is 6.07 Å². The number of nitrogens with zero attached hydrogens (tertiary/aromatic N) is 1. The molecule has 78 valence electrons. The molecule has 0 saturated carbocycles. The maximum absolute atomic E-state index is 10.6. The molecule has 15 heavy (non-hydrogen) atoms. The lowest BCUT2D eigenvalue weighted by Crippen LogP contribution is -2.04. The number of benzene rings is 1. The van der Waals surface area contributed by atoms with Crippen molar-refractivity contribution in [3.8, 4) is 6.07 Å². The van der Waals surface area contributed by atoms with Crippen molar-refractivity contribution in [2.45, 2.75) is 19.8 Å². The standard InChI is InChI=1S/C12H13NO2/c1-8(2)11(7-13)9-3-5-10(6-4-9)12(14)15/h3-6,8,11H,1-2H3,(H,14,15). The monoisotopic (exact) mass is 203 g/mol. The molecule has 1 atom stereocenters. The molecule has 0 saturated heterocycles. The molecule has 0 radical (unpaired) electrons. The largest absolute Gasteiger partial charge is 0.478 e. The fourth-order valence-electron chi connectivity index (χ4n) is 1.44. The molecule has 0 aromatic heterocycles. The predicted octanol–water partition coefficient (Wildman–Crippen LogP) is 2.65. The number of rotatable bonds is 3. The number of aromatic carboxylic acids is 1. The van der Waals surface area contributed by atoms with E-state index in [-0.39, 0.29) is 17.4 Å². The third-order valence-electron chi connectivity index (χ3n) is 2.32. The summed E-state index contributed by atoms with van der Waals surface area (Å²) in [5, 5.41) is 17.7. The maximum Gasteiger partial charge on any atom is 0.335 e. The van der Waals surface area contributed by atoms with Crippen LogP contribution in [-0.2, 0) is 0 Å². The van der Waals surface area contributed by atoms with Gasteiger partial charge in [-0.15, -0.1) is 0 Å². The highest BCUT2D eigenvalue weighted by Gasteiger charge is 2.15. The number of carboxylic acids is 1. The molecular weight excluding hydrogens is 190 g/mol. The zero-order valence-electron chi connectivity index (χ0n) is 8.77. The second-order valence-electron chi connectivity index (χ2n) is 3.78. The van der Waals surface area contributed by atoms with E-state index in [0.717, 1.165) is 5.56 Å². The minimum atomic E-state index is -0.945. The van der Waals surface area contributed by atoms with E-state index in [9.17, 15) is 4.79 Å². The lowest BCUT2D eigenvalue weighted by atomic mass is 9.89. The smallest absolute Gasteiger partial charge is 0.335 e. The molecule has 1 aromatic rings. The van der Waals surface area contributed by atoms with Crippen LogP contribution < -0.4 is 0 Å². The Hall–Kier alpha value is -1.82. The van der Waals surface area contributed by atoms with Gasteiger partial charge in [0.15, 0.2) is 0 Å². The summed E-state index contributed by atoms with van der Waals surface area (Å²) in [5.41, 5.74) is 1.12. The second kappa shape index (κ2) is 4.61. The Morgan fingerprint density at radius 1 is 1.33 bits per heavy atom. The molecule has 0 spiro atoms. The van der Waals surface area contributed by atoms with Crippen LogP contribution in [0.2, 0.25) is 0 Å². The fraction of sp³-hybridized carbons (Fsp3) is 0.333. The Morgan fingerprint density at radius 3 is 2.20 bits per heavy atom. The second-order valence-corrected chi connectivity index (χ2v) is 3.78. The Kier molecular flexibility index (Phi) is 3.46. The van der Waals surface area contributed by atoms with Gasteiger partial charge < -0.3 is 5.11 Å². The van der Waals surface area contributed by atoms with Crippen LogP contribution in [0.25, 0.3) is 0 Å². The van der Waals surface area contributed by atoms with Crippen LogP contribution in [-0.4, -0.2) is 11.1 Å². The summed E-state index contributed by atoms with van der Waals surface area (Å²) in [6, 6.07) is 8.69. The van der Waals surface area contributed by atoms with E-state index in [4.69, 9.17) is 10.4 Å². The van der Waals surface area contributed by atoms with E-state index in [1.807, 2.05) is 13.8 Å². The van der Waals surface area contributed by atoms with Crippen molar-refractivity contribution in [3.05, 3.63) is 35.4 Å². The molecule has 3 nitrogen and oxygen atoms in total. The lowest BCUT2D eigenvalue weighted by Gasteiger charge is -2.12. The topological polar surface area (TPSA) is 61.1 Å². The Morgan fingerprint density at radius 2 is 1.87 bits per heavy atom. The van der Waals surface area contributed by atoms with Gasteiger partial charge in [-0.25, -0.2) is 4.79 Å². The molecule has 1 rings (SSSR count). The molecule has 0 amide bonds. The highest BCUT2D eigenvalue weighted by Crippen LogP contribution is 2.23. The van der Waals surface area contributed by atoms with Crippen molar-refractivity contribution < 1.29 is 9.90 Å². The summed E-state index contributed by atoms with van der Waals surface area (Å²) in [7, 11) is 0. The van der Waals surface area contributed by atoms with Crippen molar-refractivity contribution in [1.82, 2.24) is 0 Å². The van der Waals surface area contributed by atoms with Crippen LogP contribution >= 0.6 is 0 Å². The van der Waals surface area contributed by atoms with Gasteiger partial charge in [0.05, 0.1) is 17.6 Å². The zero-order valence-corrected chi connectivity index (χ0v) is 8.77. The van der Waals surface area contributed by atoms with Crippen LogP contribution in [0.4, 0.5) is 0 Å². The van der Waals surface area contributed by atoms with Crippen LogP contribution in [0, 0.1) is 17.2 Å². The van der Waals surface area contributed by atoms with Gasteiger partial charge in [-0.3, -0.25) is 0 Å². The van der Waals surface area contributed by atoms with Crippen LogP contribution in [0.1, 0.15) is 35.7 Å². The van der Waals surface area contributed by atoms with Crippen molar-refractivity contribution in [1.29, 1.82) is 5.26 Å². The molecule has 1 unspecified atom stereocenters. The summed E-state index contributed by atoms with van der Waals surface area (Å²) in [6.45, 7) is 3.94. The van der Waals surface area contributed by atoms with Crippen molar-refractivity contribution in [3.63, 3.8) is 0 Å². The number of nitriles is 1.